The van der Waals surface area contributed by atoms with Gasteiger partial charge in [-0.3, -0.25) is 0 Å². The van der Waals surface area contributed by atoms with Gasteiger partial charge in [0.05, 0.1) is 0 Å². The molecule has 2 atom stereocenters. The van der Waals surface area contributed by atoms with Crippen LogP contribution in [0.3, 0.4) is 0 Å². The summed E-state index contributed by atoms with van der Waals surface area (Å²) in [6.07, 6.45) is 0.108. The molecule has 1 saturated carbocycles. The van der Waals surface area contributed by atoms with Crippen molar-refractivity contribution in [3.05, 3.63) is 0 Å². The molecule has 0 nitrogen and oxygen atoms in total. The highest BCUT2D eigenvalue weighted by molar-refractivity contribution is 14.1. The fraction of sp³-hybridized carbons (Fsp3) is 1.00. The van der Waals surface area contributed by atoms with E-state index in [2.05, 4.69) is 0 Å². The second-order valence-electron chi connectivity index (χ2n) is 2.25. The molecule has 0 saturated heterocycles. The van der Waals surface area contributed by atoms with E-state index in [1.807, 2.05) is 29.5 Å². The molecule has 1 aliphatic carbocycles. The number of hydrogen-bond donors (Lipinski definition) is 0. The van der Waals surface area contributed by atoms with Gasteiger partial charge in [0.25, 0.3) is 5.92 Å². The number of halogens is 3. The molecule has 1 rings (SSSR count). The standard InChI is InChI=1S/C5H7F2I/c1-3(8)4-2-5(4,6)7/h3-4H,2H2,1H3/t3?,4-/m0/s1. The van der Waals surface area contributed by atoms with E-state index in [0.29, 0.717) is 0 Å². The van der Waals surface area contributed by atoms with Gasteiger partial charge in [-0.05, 0) is 0 Å². The first-order valence-corrected chi connectivity index (χ1v) is 3.80. The fourth-order valence-corrected chi connectivity index (χ4v) is 1.51. The summed E-state index contributed by atoms with van der Waals surface area (Å²) in [5.41, 5.74) is 0. The molecule has 1 fully saturated rings. The van der Waals surface area contributed by atoms with Gasteiger partial charge in [0, 0.05) is 16.3 Å². The minimum Gasteiger partial charge on any atom is -0.207 e. The van der Waals surface area contributed by atoms with Crippen LogP contribution in [0.4, 0.5) is 8.78 Å². The van der Waals surface area contributed by atoms with Crippen LogP contribution in [0.1, 0.15) is 13.3 Å². The fourth-order valence-electron chi connectivity index (χ4n) is 0.733. The first-order valence-electron chi connectivity index (χ1n) is 2.56. The van der Waals surface area contributed by atoms with Crippen molar-refractivity contribution in [3.63, 3.8) is 0 Å². The molecule has 0 aromatic heterocycles. The molecule has 1 unspecified atom stereocenters. The first-order chi connectivity index (χ1) is 3.54. The van der Waals surface area contributed by atoms with Crippen LogP contribution in [0, 0.1) is 5.92 Å². The van der Waals surface area contributed by atoms with Crippen molar-refractivity contribution in [2.75, 3.05) is 0 Å². The van der Waals surface area contributed by atoms with Crippen LogP contribution in [0.2, 0.25) is 0 Å². The van der Waals surface area contributed by atoms with Gasteiger partial charge in [-0.15, -0.1) is 0 Å². The molecule has 0 bridgehead atoms. The van der Waals surface area contributed by atoms with Crippen LogP contribution in [-0.2, 0) is 0 Å². The monoisotopic (exact) mass is 232 g/mol. The first kappa shape index (κ1) is 6.71. The van der Waals surface area contributed by atoms with E-state index in [1.54, 1.807) is 0 Å². The Morgan fingerprint density at radius 1 is 1.75 bits per heavy atom. The smallest absolute Gasteiger partial charge is 0.207 e. The molecule has 0 aromatic carbocycles. The van der Waals surface area contributed by atoms with Gasteiger partial charge < -0.3 is 0 Å². The lowest BCUT2D eigenvalue weighted by Gasteiger charge is -1.96. The van der Waals surface area contributed by atoms with Crippen LogP contribution in [0.5, 0.6) is 0 Å². The third kappa shape index (κ3) is 1.11. The Balaban J connectivity index is 2.37. The highest BCUT2D eigenvalue weighted by atomic mass is 127. The maximum absolute atomic E-state index is 12.0. The Morgan fingerprint density at radius 3 is 2.12 bits per heavy atom. The Labute approximate surface area is 60.8 Å². The minimum atomic E-state index is -2.32. The van der Waals surface area contributed by atoms with Crippen molar-refractivity contribution in [1.29, 1.82) is 0 Å². The number of rotatable bonds is 1. The summed E-state index contributed by atoms with van der Waals surface area (Å²) < 4.78 is 24.2. The molecular weight excluding hydrogens is 225 g/mol. The molecule has 1 aliphatic rings. The highest BCUT2D eigenvalue weighted by Crippen LogP contribution is 2.52. The maximum atomic E-state index is 12.0. The largest absolute Gasteiger partial charge is 0.252 e. The molecule has 48 valence electrons. The zero-order chi connectivity index (χ0) is 6.36. The minimum absolute atomic E-state index is 0.108. The van der Waals surface area contributed by atoms with E-state index in [0.717, 1.165) is 0 Å². The van der Waals surface area contributed by atoms with E-state index >= 15 is 0 Å². The molecule has 3 heteroatoms. The van der Waals surface area contributed by atoms with Crippen molar-refractivity contribution < 1.29 is 8.78 Å². The van der Waals surface area contributed by atoms with Crippen molar-refractivity contribution in [2.24, 2.45) is 5.92 Å². The van der Waals surface area contributed by atoms with E-state index in [-0.39, 0.29) is 16.3 Å². The average molecular weight is 232 g/mol. The van der Waals surface area contributed by atoms with Gasteiger partial charge in [0.1, 0.15) is 0 Å². The molecule has 8 heavy (non-hydrogen) atoms. The number of alkyl halides is 3. The van der Waals surface area contributed by atoms with Gasteiger partial charge in [0.2, 0.25) is 0 Å². The van der Waals surface area contributed by atoms with Crippen LogP contribution in [-0.4, -0.2) is 9.85 Å². The van der Waals surface area contributed by atoms with Crippen molar-refractivity contribution in [2.45, 2.75) is 23.2 Å². The molecule has 0 aliphatic heterocycles. The summed E-state index contributed by atoms with van der Waals surface area (Å²) in [5.74, 6) is -2.65. The van der Waals surface area contributed by atoms with Crippen molar-refractivity contribution in [1.82, 2.24) is 0 Å². The molecule has 0 radical (unpaired) electrons. The van der Waals surface area contributed by atoms with E-state index in [4.69, 9.17) is 0 Å². The SMILES string of the molecule is CC(I)[C@@H]1CC1(F)F. The summed E-state index contributed by atoms with van der Waals surface area (Å²) in [5, 5.41) is 0. The average Bonchev–Trinajstić information content (AvgIpc) is 2.13. The molecule has 0 amide bonds. The van der Waals surface area contributed by atoms with Crippen LogP contribution in [0.15, 0.2) is 0 Å². The second kappa shape index (κ2) is 1.78. The lowest BCUT2D eigenvalue weighted by Crippen LogP contribution is -2.01. The summed E-state index contributed by atoms with van der Waals surface area (Å²) in [7, 11) is 0. The lowest BCUT2D eigenvalue weighted by molar-refractivity contribution is 0.100. The topological polar surface area (TPSA) is 0 Å². The van der Waals surface area contributed by atoms with Gasteiger partial charge in [-0.1, -0.05) is 29.5 Å². The van der Waals surface area contributed by atoms with E-state index in [9.17, 15) is 8.78 Å². The van der Waals surface area contributed by atoms with Crippen molar-refractivity contribution >= 4 is 22.6 Å². The lowest BCUT2D eigenvalue weighted by atomic mass is 10.3. The van der Waals surface area contributed by atoms with E-state index in [1.165, 1.54) is 0 Å². The van der Waals surface area contributed by atoms with Gasteiger partial charge in [-0.2, -0.15) is 0 Å². The molecule has 0 aromatic rings. The maximum Gasteiger partial charge on any atom is 0.252 e. The Morgan fingerprint density at radius 2 is 2.12 bits per heavy atom. The second-order valence-corrected chi connectivity index (χ2v) is 4.21. The third-order valence-corrected chi connectivity index (χ3v) is 2.30. The quantitative estimate of drug-likeness (QED) is 0.481. The summed E-state index contributed by atoms with van der Waals surface area (Å²) in [6.45, 7) is 1.83. The highest BCUT2D eigenvalue weighted by Gasteiger charge is 2.58. The van der Waals surface area contributed by atoms with Crippen LogP contribution < -0.4 is 0 Å². The Kier molecular flexibility index (Phi) is 1.50. The van der Waals surface area contributed by atoms with Crippen LogP contribution in [0.25, 0.3) is 0 Å². The normalized spacial score (nSPS) is 36.8. The molecule has 0 heterocycles. The number of hydrogen-bond acceptors (Lipinski definition) is 0. The van der Waals surface area contributed by atoms with E-state index < -0.39 is 5.92 Å². The molecular formula is C5H7F2I. The summed E-state index contributed by atoms with van der Waals surface area (Å²) in [4.78, 5) is 0. The predicted molar refractivity (Wildman–Crippen MR) is 36.5 cm³/mol. The molecule has 0 N–H and O–H groups in total. The van der Waals surface area contributed by atoms with Gasteiger partial charge in [0.15, 0.2) is 0 Å². The summed E-state index contributed by atoms with van der Waals surface area (Å²) >= 11 is 2.04. The van der Waals surface area contributed by atoms with Crippen molar-refractivity contribution in [3.8, 4) is 0 Å². The zero-order valence-corrected chi connectivity index (χ0v) is 6.65. The zero-order valence-electron chi connectivity index (χ0n) is 4.50. The Bertz CT molecular complexity index is 101. The Hall–Kier alpha value is 0.590. The summed E-state index contributed by atoms with van der Waals surface area (Å²) in [6, 6.07) is 0. The van der Waals surface area contributed by atoms with Crippen LogP contribution >= 0.6 is 22.6 Å². The third-order valence-electron chi connectivity index (χ3n) is 1.43. The van der Waals surface area contributed by atoms with Gasteiger partial charge in [-0.25, -0.2) is 8.78 Å². The van der Waals surface area contributed by atoms with Gasteiger partial charge >= 0.3 is 0 Å². The predicted octanol–water partition coefficient (Wildman–Crippen LogP) is 2.47. The molecule has 0 spiro atoms.